The van der Waals surface area contributed by atoms with Gasteiger partial charge in [0.15, 0.2) is 0 Å². The molecule has 7 nitrogen and oxygen atoms in total. The number of benzene rings is 4. The number of urea groups is 1. The van der Waals surface area contributed by atoms with Crippen LogP contribution in [-0.2, 0) is 22.8 Å². The molecule has 4 aromatic rings. The van der Waals surface area contributed by atoms with E-state index in [2.05, 4.69) is 5.32 Å². The molecular weight excluding hydrogens is 587 g/mol. The number of hydrogen-bond donors (Lipinski definition) is 1. The summed E-state index contributed by atoms with van der Waals surface area (Å²) >= 11 is 18.4. The molecular formula is C31H21Cl3N2O5. The van der Waals surface area contributed by atoms with Gasteiger partial charge in [0.25, 0.3) is 11.8 Å². The van der Waals surface area contributed by atoms with Crippen molar-refractivity contribution in [3.8, 4) is 11.5 Å². The minimum Gasteiger partial charge on any atom is -0.489 e. The van der Waals surface area contributed by atoms with Crippen molar-refractivity contribution in [2.24, 2.45) is 0 Å². The van der Waals surface area contributed by atoms with Crippen LogP contribution in [0.4, 0.5) is 10.5 Å². The molecule has 4 amide bonds. The summed E-state index contributed by atoms with van der Waals surface area (Å²) in [6, 6.07) is 24.8. The number of carbonyl (C=O) groups is 3. The van der Waals surface area contributed by atoms with Gasteiger partial charge < -0.3 is 9.47 Å². The van der Waals surface area contributed by atoms with Gasteiger partial charge in [-0.05, 0) is 54.6 Å². The Hall–Kier alpha value is -4.30. The first-order valence-corrected chi connectivity index (χ1v) is 13.5. The number of nitrogens with zero attached hydrogens (tertiary/aromatic N) is 1. The first-order chi connectivity index (χ1) is 19.8. The van der Waals surface area contributed by atoms with Crippen molar-refractivity contribution < 1.29 is 23.9 Å². The highest BCUT2D eigenvalue weighted by molar-refractivity contribution is 6.39. The molecule has 41 heavy (non-hydrogen) atoms. The SMILES string of the molecule is O=C1NC(=O)N(c2ccc(OCc3ccc(Cl)cc3Cl)cc2)C(=O)/C1=C/c1ccccc1OCc1ccccc1Cl. The molecule has 4 aromatic carbocycles. The number of amides is 4. The molecule has 10 heteroatoms. The van der Waals surface area contributed by atoms with E-state index >= 15 is 0 Å². The van der Waals surface area contributed by atoms with E-state index in [-0.39, 0.29) is 24.5 Å². The molecule has 206 valence electrons. The second-order valence-corrected chi connectivity index (χ2v) is 10.1. The van der Waals surface area contributed by atoms with Crippen LogP contribution in [0, 0.1) is 0 Å². The number of para-hydroxylation sites is 1. The maximum atomic E-state index is 13.4. The number of anilines is 1. The third-order valence-electron chi connectivity index (χ3n) is 6.17. The number of barbiturate groups is 1. The van der Waals surface area contributed by atoms with E-state index < -0.39 is 17.8 Å². The third kappa shape index (κ3) is 6.55. The zero-order chi connectivity index (χ0) is 28.9. The number of carbonyl (C=O) groups excluding carboxylic acids is 3. The summed E-state index contributed by atoms with van der Waals surface area (Å²) in [6.07, 6.45) is 1.40. The van der Waals surface area contributed by atoms with Crippen molar-refractivity contribution in [2.45, 2.75) is 13.2 Å². The van der Waals surface area contributed by atoms with Crippen LogP contribution in [0.5, 0.6) is 11.5 Å². The monoisotopic (exact) mass is 606 g/mol. The Balaban J connectivity index is 1.34. The highest BCUT2D eigenvalue weighted by Gasteiger charge is 2.37. The zero-order valence-electron chi connectivity index (χ0n) is 21.3. The van der Waals surface area contributed by atoms with E-state index in [0.29, 0.717) is 32.1 Å². The Morgan fingerprint density at radius 1 is 0.732 bits per heavy atom. The molecule has 0 atom stereocenters. The molecule has 1 aliphatic rings. The number of rotatable bonds is 8. The Morgan fingerprint density at radius 3 is 2.17 bits per heavy atom. The normalized spacial score (nSPS) is 14.3. The lowest BCUT2D eigenvalue weighted by atomic mass is 10.1. The lowest BCUT2D eigenvalue weighted by molar-refractivity contribution is -0.122. The molecule has 0 aromatic heterocycles. The number of hydrogen-bond acceptors (Lipinski definition) is 5. The van der Waals surface area contributed by atoms with Gasteiger partial charge in [-0.15, -0.1) is 0 Å². The summed E-state index contributed by atoms with van der Waals surface area (Å²) in [4.78, 5) is 39.7. The molecule has 1 fully saturated rings. The standard InChI is InChI=1S/C31H21Cl3N2O5/c32-22-10-9-21(27(34)16-22)17-40-24-13-11-23(12-14-24)36-30(38)25(29(37)35-31(36)39)15-19-5-2-4-8-28(19)41-18-20-6-1-3-7-26(20)33/h1-16H,17-18H2,(H,35,37,39)/b25-15+. The average Bonchev–Trinajstić information content (AvgIpc) is 2.95. The Morgan fingerprint density at radius 2 is 1.41 bits per heavy atom. The van der Waals surface area contributed by atoms with E-state index in [0.717, 1.165) is 16.0 Å². The second kappa shape index (κ2) is 12.5. The Bertz CT molecular complexity index is 1670. The van der Waals surface area contributed by atoms with Crippen molar-refractivity contribution in [1.29, 1.82) is 0 Å². The van der Waals surface area contributed by atoms with Gasteiger partial charge in [0.1, 0.15) is 30.3 Å². The Labute approximate surface area is 250 Å². The summed E-state index contributed by atoms with van der Waals surface area (Å²) in [7, 11) is 0. The summed E-state index contributed by atoms with van der Waals surface area (Å²) in [5.74, 6) is -0.662. The lowest BCUT2D eigenvalue weighted by Gasteiger charge is -2.26. The Kier molecular flexibility index (Phi) is 8.59. The molecule has 0 aliphatic carbocycles. The number of nitrogens with one attached hydrogen (secondary N) is 1. The quantitative estimate of drug-likeness (QED) is 0.166. The lowest BCUT2D eigenvalue weighted by Crippen LogP contribution is -2.54. The smallest absolute Gasteiger partial charge is 0.335 e. The van der Waals surface area contributed by atoms with Crippen LogP contribution in [0.2, 0.25) is 15.1 Å². The highest BCUT2D eigenvalue weighted by Crippen LogP contribution is 2.28. The predicted molar refractivity (Wildman–Crippen MR) is 158 cm³/mol. The molecule has 0 unspecified atom stereocenters. The van der Waals surface area contributed by atoms with Gasteiger partial charge in [-0.3, -0.25) is 14.9 Å². The minimum atomic E-state index is -0.859. The average molecular weight is 608 g/mol. The van der Waals surface area contributed by atoms with Crippen molar-refractivity contribution >= 4 is 64.4 Å². The van der Waals surface area contributed by atoms with Crippen LogP contribution in [-0.4, -0.2) is 17.8 Å². The maximum absolute atomic E-state index is 13.4. The van der Waals surface area contributed by atoms with E-state index in [1.165, 1.54) is 6.08 Å². The van der Waals surface area contributed by atoms with E-state index in [4.69, 9.17) is 44.3 Å². The topological polar surface area (TPSA) is 84.9 Å². The molecule has 1 saturated heterocycles. The second-order valence-electron chi connectivity index (χ2n) is 8.89. The van der Waals surface area contributed by atoms with Crippen LogP contribution >= 0.6 is 34.8 Å². The summed E-state index contributed by atoms with van der Waals surface area (Å²) in [5, 5.41) is 3.79. The number of halogens is 3. The first-order valence-electron chi connectivity index (χ1n) is 12.3. The molecule has 1 aliphatic heterocycles. The van der Waals surface area contributed by atoms with Gasteiger partial charge in [0.2, 0.25) is 0 Å². The largest absolute Gasteiger partial charge is 0.489 e. The van der Waals surface area contributed by atoms with Gasteiger partial charge in [0, 0.05) is 31.8 Å². The van der Waals surface area contributed by atoms with E-state index in [1.54, 1.807) is 72.8 Å². The summed E-state index contributed by atoms with van der Waals surface area (Å²) < 4.78 is 11.7. The first kappa shape index (κ1) is 28.2. The van der Waals surface area contributed by atoms with Gasteiger partial charge in [-0.25, -0.2) is 9.69 Å². The zero-order valence-corrected chi connectivity index (χ0v) is 23.5. The number of imide groups is 2. The van der Waals surface area contributed by atoms with Crippen LogP contribution in [0.25, 0.3) is 6.08 Å². The van der Waals surface area contributed by atoms with Crippen molar-refractivity contribution in [1.82, 2.24) is 5.32 Å². The fourth-order valence-electron chi connectivity index (χ4n) is 4.04. The molecule has 0 radical (unpaired) electrons. The van der Waals surface area contributed by atoms with Crippen molar-refractivity contribution in [2.75, 3.05) is 4.90 Å². The molecule has 5 rings (SSSR count). The van der Waals surface area contributed by atoms with Crippen LogP contribution in [0.15, 0.2) is 96.6 Å². The number of ether oxygens (including phenoxy) is 2. The van der Waals surface area contributed by atoms with Gasteiger partial charge in [0.05, 0.1) is 5.69 Å². The maximum Gasteiger partial charge on any atom is 0.335 e. The van der Waals surface area contributed by atoms with Gasteiger partial charge in [-0.2, -0.15) is 0 Å². The van der Waals surface area contributed by atoms with Crippen LogP contribution < -0.4 is 19.7 Å². The third-order valence-corrected chi connectivity index (χ3v) is 7.12. The van der Waals surface area contributed by atoms with E-state index in [1.807, 2.05) is 18.2 Å². The van der Waals surface area contributed by atoms with Gasteiger partial charge in [-0.1, -0.05) is 77.3 Å². The molecule has 0 saturated carbocycles. The molecule has 0 bridgehead atoms. The predicted octanol–water partition coefficient (Wildman–Crippen LogP) is 7.47. The van der Waals surface area contributed by atoms with Crippen molar-refractivity contribution in [3.05, 3.63) is 128 Å². The van der Waals surface area contributed by atoms with Crippen molar-refractivity contribution in [3.63, 3.8) is 0 Å². The fraction of sp³-hybridized carbons (Fsp3) is 0.0645. The summed E-state index contributed by atoms with van der Waals surface area (Å²) in [6.45, 7) is 0.376. The van der Waals surface area contributed by atoms with Crippen LogP contribution in [0.3, 0.4) is 0 Å². The molecule has 1 heterocycles. The molecule has 1 N–H and O–H groups in total. The van der Waals surface area contributed by atoms with E-state index in [9.17, 15) is 14.4 Å². The minimum absolute atomic E-state index is 0.184. The highest BCUT2D eigenvalue weighted by atomic mass is 35.5. The van der Waals surface area contributed by atoms with Crippen LogP contribution in [0.1, 0.15) is 16.7 Å². The molecule has 0 spiro atoms. The fourth-order valence-corrected chi connectivity index (χ4v) is 4.69. The van der Waals surface area contributed by atoms with Gasteiger partial charge >= 0.3 is 6.03 Å². The summed E-state index contributed by atoms with van der Waals surface area (Å²) in [5.41, 5.74) is 2.04.